The van der Waals surface area contributed by atoms with Crippen molar-refractivity contribution in [1.82, 2.24) is 15.0 Å². The molecule has 0 saturated carbocycles. The third kappa shape index (κ3) is 3.20. The molecule has 4 N–H and O–H groups in total. The Morgan fingerprint density at radius 3 is 2.36 bits per heavy atom. The molecule has 1 fully saturated rings. The van der Waals surface area contributed by atoms with Crippen molar-refractivity contribution < 1.29 is 0 Å². The van der Waals surface area contributed by atoms with Gasteiger partial charge in [0.1, 0.15) is 0 Å². The van der Waals surface area contributed by atoms with E-state index < -0.39 is 0 Å². The van der Waals surface area contributed by atoms with Gasteiger partial charge in [0.15, 0.2) is 10.9 Å². The number of thiazole rings is 1. The van der Waals surface area contributed by atoms with Crippen molar-refractivity contribution in [2.24, 2.45) is 0 Å². The molecule has 1 aliphatic rings. The predicted molar refractivity (Wildman–Crippen MR) is 103 cm³/mol. The quantitative estimate of drug-likeness (QED) is 0.744. The minimum atomic E-state index is 0.205. The van der Waals surface area contributed by atoms with Crippen LogP contribution in [0, 0.1) is 0 Å². The van der Waals surface area contributed by atoms with Crippen LogP contribution in [0.1, 0.15) is 0 Å². The van der Waals surface area contributed by atoms with Crippen LogP contribution in [0.25, 0.3) is 11.3 Å². The van der Waals surface area contributed by atoms with Crippen molar-refractivity contribution in [1.29, 1.82) is 0 Å². The fourth-order valence-electron chi connectivity index (χ4n) is 2.94. The van der Waals surface area contributed by atoms with E-state index in [0.717, 1.165) is 48.3 Å². The largest absolute Gasteiger partial charge is 0.382 e. The smallest absolute Gasteiger partial charge is 0.222 e. The molecule has 3 aromatic rings. The van der Waals surface area contributed by atoms with Gasteiger partial charge in [-0.15, -0.1) is 11.3 Å². The zero-order valence-corrected chi connectivity index (χ0v) is 14.5. The van der Waals surface area contributed by atoms with Crippen LogP contribution in [0.15, 0.2) is 41.9 Å². The van der Waals surface area contributed by atoms with E-state index in [4.69, 9.17) is 16.5 Å². The number of hydrogen-bond acceptors (Lipinski definition) is 8. The molecule has 0 atom stereocenters. The minimum absolute atomic E-state index is 0.205. The molecular formula is C17H19N7S. The molecule has 7 nitrogen and oxygen atoms in total. The van der Waals surface area contributed by atoms with Crippen molar-refractivity contribution in [2.45, 2.75) is 0 Å². The molecule has 8 heteroatoms. The van der Waals surface area contributed by atoms with E-state index in [9.17, 15) is 0 Å². The van der Waals surface area contributed by atoms with Gasteiger partial charge in [0.2, 0.25) is 5.95 Å². The van der Waals surface area contributed by atoms with Crippen LogP contribution >= 0.6 is 11.3 Å². The number of hydrogen-bond donors (Lipinski definition) is 2. The van der Waals surface area contributed by atoms with Gasteiger partial charge < -0.3 is 21.3 Å². The molecule has 1 aromatic carbocycles. The number of nitrogen functional groups attached to an aromatic ring is 2. The van der Waals surface area contributed by atoms with Crippen LogP contribution in [-0.2, 0) is 0 Å². The van der Waals surface area contributed by atoms with E-state index >= 15 is 0 Å². The van der Waals surface area contributed by atoms with Gasteiger partial charge in [0, 0.05) is 37.1 Å². The Hall–Kier alpha value is -2.87. The molecule has 0 bridgehead atoms. The van der Waals surface area contributed by atoms with E-state index in [1.165, 1.54) is 0 Å². The molecule has 0 aliphatic carbocycles. The molecule has 2 aromatic heterocycles. The zero-order valence-electron chi connectivity index (χ0n) is 13.7. The summed E-state index contributed by atoms with van der Waals surface area (Å²) in [6, 6.07) is 10.3. The van der Waals surface area contributed by atoms with Crippen LogP contribution < -0.4 is 21.3 Å². The van der Waals surface area contributed by atoms with E-state index in [-0.39, 0.29) is 5.95 Å². The first kappa shape index (κ1) is 15.6. The second-order valence-electron chi connectivity index (χ2n) is 5.85. The summed E-state index contributed by atoms with van der Waals surface area (Å²) in [5.74, 6) is 0.637. The Labute approximate surface area is 149 Å². The highest BCUT2D eigenvalue weighted by Crippen LogP contribution is 2.29. The lowest BCUT2D eigenvalue weighted by molar-refractivity contribution is 0.651. The Kier molecular flexibility index (Phi) is 4.10. The Morgan fingerprint density at radius 2 is 1.64 bits per heavy atom. The highest BCUT2D eigenvalue weighted by molar-refractivity contribution is 7.14. The number of rotatable bonds is 3. The first-order valence-electron chi connectivity index (χ1n) is 8.09. The summed E-state index contributed by atoms with van der Waals surface area (Å²) >= 11 is 1.68. The summed E-state index contributed by atoms with van der Waals surface area (Å²) in [6.45, 7) is 3.45. The maximum atomic E-state index is 5.97. The Morgan fingerprint density at radius 1 is 0.920 bits per heavy atom. The molecule has 0 spiro atoms. The van der Waals surface area contributed by atoms with Crippen molar-refractivity contribution in [3.63, 3.8) is 0 Å². The number of piperazine rings is 1. The van der Waals surface area contributed by atoms with Crippen molar-refractivity contribution in [3.05, 3.63) is 41.9 Å². The predicted octanol–water partition coefficient (Wildman–Crippen LogP) is 2.09. The van der Waals surface area contributed by atoms with Crippen LogP contribution in [0.4, 0.5) is 22.6 Å². The summed E-state index contributed by atoms with van der Waals surface area (Å²) in [7, 11) is 0. The van der Waals surface area contributed by atoms with Gasteiger partial charge in [0.25, 0.3) is 0 Å². The summed E-state index contributed by atoms with van der Waals surface area (Å²) in [6.07, 6.45) is 1.70. The average molecular weight is 353 g/mol. The lowest BCUT2D eigenvalue weighted by Crippen LogP contribution is -2.46. The number of nitrogens with two attached hydrogens (primary N) is 2. The molecule has 1 saturated heterocycles. The molecule has 128 valence electrons. The summed E-state index contributed by atoms with van der Waals surface area (Å²) in [4.78, 5) is 17.4. The normalized spacial score (nSPS) is 14.7. The first-order chi connectivity index (χ1) is 12.2. The second kappa shape index (κ2) is 6.56. The maximum Gasteiger partial charge on any atom is 0.222 e. The molecular weight excluding hydrogens is 334 g/mol. The van der Waals surface area contributed by atoms with Crippen molar-refractivity contribution >= 4 is 33.9 Å². The average Bonchev–Trinajstić information content (AvgIpc) is 3.13. The van der Waals surface area contributed by atoms with Gasteiger partial charge >= 0.3 is 0 Å². The number of nitrogens with zero attached hydrogens (tertiary/aromatic N) is 5. The molecule has 0 unspecified atom stereocenters. The third-order valence-corrected chi connectivity index (χ3v) is 5.17. The zero-order chi connectivity index (χ0) is 17.2. The second-order valence-corrected chi connectivity index (χ2v) is 6.69. The highest BCUT2D eigenvalue weighted by atomic mass is 32.1. The fraction of sp³-hybridized carbons (Fsp3) is 0.235. The van der Waals surface area contributed by atoms with Crippen molar-refractivity contribution in [2.75, 3.05) is 47.4 Å². The van der Waals surface area contributed by atoms with E-state index in [1.54, 1.807) is 17.5 Å². The molecule has 1 aliphatic heterocycles. The molecule has 4 rings (SSSR count). The van der Waals surface area contributed by atoms with E-state index in [1.807, 2.05) is 18.2 Å². The first-order valence-corrected chi connectivity index (χ1v) is 8.97. The summed E-state index contributed by atoms with van der Waals surface area (Å²) in [5, 5.41) is 3.17. The van der Waals surface area contributed by atoms with Crippen LogP contribution in [0.3, 0.4) is 0 Å². The molecule has 3 heterocycles. The molecule has 0 radical (unpaired) electrons. The topological polar surface area (TPSA) is 97.2 Å². The van der Waals surface area contributed by atoms with Gasteiger partial charge in [0.05, 0.1) is 17.6 Å². The lowest BCUT2D eigenvalue weighted by Gasteiger charge is -2.35. The van der Waals surface area contributed by atoms with Crippen LogP contribution in [-0.4, -0.2) is 41.1 Å². The van der Waals surface area contributed by atoms with Crippen molar-refractivity contribution in [3.8, 4) is 11.3 Å². The monoisotopic (exact) mass is 353 g/mol. The fourth-order valence-corrected chi connectivity index (χ4v) is 3.82. The third-order valence-electron chi connectivity index (χ3n) is 4.27. The molecule has 0 amide bonds. The van der Waals surface area contributed by atoms with Gasteiger partial charge in [-0.2, -0.15) is 4.98 Å². The van der Waals surface area contributed by atoms with Gasteiger partial charge in [-0.3, -0.25) is 0 Å². The SMILES string of the molecule is Nc1ncc(N2CCN(c3nc(-c4ccccc4)cs3)CC2)c(N)n1. The van der Waals surface area contributed by atoms with Gasteiger partial charge in [-0.1, -0.05) is 30.3 Å². The Bertz CT molecular complexity index is 856. The minimum Gasteiger partial charge on any atom is -0.382 e. The molecule has 25 heavy (non-hydrogen) atoms. The van der Waals surface area contributed by atoms with Crippen LogP contribution in [0.2, 0.25) is 0 Å². The summed E-state index contributed by atoms with van der Waals surface area (Å²) in [5.41, 5.74) is 14.6. The Balaban J connectivity index is 1.45. The number of aromatic nitrogens is 3. The van der Waals surface area contributed by atoms with Crippen LogP contribution in [0.5, 0.6) is 0 Å². The maximum absolute atomic E-state index is 5.97. The highest BCUT2D eigenvalue weighted by Gasteiger charge is 2.21. The standard InChI is InChI=1S/C17H19N7S/c18-15-14(10-20-16(19)22-15)23-6-8-24(9-7-23)17-21-13(11-25-17)12-4-2-1-3-5-12/h1-5,10-11H,6-9H2,(H4,18,19,20,22). The summed E-state index contributed by atoms with van der Waals surface area (Å²) < 4.78 is 0. The number of benzene rings is 1. The van der Waals surface area contributed by atoms with E-state index in [2.05, 4.69) is 37.3 Å². The van der Waals surface area contributed by atoms with E-state index in [0.29, 0.717) is 5.82 Å². The number of anilines is 4. The van der Waals surface area contributed by atoms with Gasteiger partial charge in [-0.05, 0) is 0 Å². The van der Waals surface area contributed by atoms with Gasteiger partial charge in [-0.25, -0.2) is 9.97 Å². The lowest BCUT2D eigenvalue weighted by atomic mass is 10.2.